The molecule has 0 fully saturated rings. The van der Waals surface area contributed by atoms with Gasteiger partial charge in [0.1, 0.15) is 6.04 Å². The Bertz CT molecular complexity index is 1250. The van der Waals surface area contributed by atoms with Crippen LogP contribution in [0.15, 0.2) is 29.1 Å². The summed E-state index contributed by atoms with van der Waals surface area (Å²) in [5.74, 6) is 0.157. The van der Waals surface area contributed by atoms with Crippen LogP contribution in [0.25, 0.3) is 10.2 Å². The van der Waals surface area contributed by atoms with E-state index < -0.39 is 6.04 Å². The summed E-state index contributed by atoms with van der Waals surface area (Å²) in [6.07, 6.45) is 2.84. The molecular weight excluding hydrogens is 424 g/mol. The van der Waals surface area contributed by atoms with Gasteiger partial charge in [-0.05, 0) is 74.3 Å². The quantitative estimate of drug-likeness (QED) is 0.592. The Kier molecular flexibility index (Phi) is 5.75. The van der Waals surface area contributed by atoms with Gasteiger partial charge in [-0.1, -0.05) is 26.0 Å². The maximum atomic E-state index is 13.3. The van der Waals surface area contributed by atoms with E-state index in [0.29, 0.717) is 27.4 Å². The first-order chi connectivity index (χ1) is 15.1. The Morgan fingerprint density at radius 3 is 2.53 bits per heavy atom. The highest BCUT2D eigenvalue weighted by Crippen LogP contribution is 2.41. The fourth-order valence-corrected chi connectivity index (χ4v) is 5.48. The minimum atomic E-state index is -0.826. The minimum absolute atomic E-state index is 0.0423. The zero-order valence-electron chi connectivity index (χ0n) is 19.1. The molecule has 2 aromatic heterocycles. The van der Waals surface area contributed by atoms with Crippen molar-refractivity contribution in [3.63, 3.8) is 0 Å². The van der Waals surface area contributed by atoms with Crippen molar-refractivity contribution >= 4 is 38.9 Å². The largest absolute Gasteiger partial charge is 0.324 e. The van der Waals surface area contributed by atoms with E-state index in [1.807, 2.05) is 0 Å². The fourth-order valence-electron chi connectivity index (χ4n) is 4.25. The second-order valence-electron chi connectivity index (χ2n) is 9.63. The summed E-state index contributed by atoms with van der Waals surface area (Å²) in [5, 5.41) is 11.8. The Hall–Kier alpha value is -2.87. The van der Waals surface area contributed by atoms with Gasteiger partial charge in [-0.15, -0.1) is 16.4 Å². The van der Waals surface area contributed by atoms with Crippen LogP contribution in [0.1, 0.15) is 67.9 Å². The number of Topliss-reactive ketones (excluding diaryl/α,β-unsaturated/α-hetero) is 1. The molecule has 0 bridgehead atoms. The van der Waals surface area contributed by atoms with Crippen LogP contribution in [0.2, 0.25) is 0 Å². The van der Waals surface area contributed by atoms with Gasteiger partial charge >= 0.3 is 0 Å². The number of amides is 1. The molecule has 168 valence electrons. The second kappa shape index (κ2) is 8.24. The third-order valence-electron chi connectivity index (χ3n) is 6.43. The molecule has 0 saturated heterocycles. The van der Waals surface area contributed by atoms with Gasteiger partial charge in [0.2, 0.25) is 5.91 Å². The molecule has 1 aliphatic carbocycles. The van der Waals surface area contributed by atoms with Gasteiger partial charge in [-0.25, -0.2) is 0 Å². The molecule has 4 rings (SSSR count). The first-order valence-corrected chi connectivity index (χ1v) is 11.7. The van der Waals surface area contributed by atoms with Crippen molar-refractivity contribution < 1.29 is 9.59 Å². The number of carbonyl (C=O) groups is 2. The molecule has 0 spiro atoms. The first kappa shape index (κ1) is 22.3. The van der Waals surface area contributed by atoms with E-state index in [4.69, 9.17) is 0 Å². The highest BCUT2D eigenvalue weighted by atomic mass is 32.1. The monoisotopic (exact) mass is 452 g/mol. The average Bonchev–Trinajstić information content (AvgIpc) is 3.12. The fraction of sp³-hybridized carbons (Fsp3) is 0.458. The number of hydrogen-bond acceptors (Lipinski definition) is 6. The summed E-state index contributed by atoms with van der Waals surface area (Å²) < 4.78 is 1.17. The number of nitrogens with one attached hydrogen (secondary N) is 1. The van der Waals surface area contributed by atoms with Crippen molar-refractivity contribution in [1.29, 1.82) is 0 Å². The lowest BCUT2D eigenvalue weighted by Crippen LogP contribution is -2.34. The lowest BCUT2D eigenvalue weighted by atomic mass is 9.72. The molecule has 1 N–H and O–H groups in total. The van der Waals surface area contributed by atoms with Crippen LogP contribution < -0.4 is 10.9 Å². The van der Waals surface area contributed by atoms with Crippen LogP contribution in [0.4, 0.5) is 5.69 Å². The van der Waals surface area contributed by atoms with Crippen LogP contribution in [-0.2, 0) is 17.6 Å². The average molecular weight is 453 g/mol. The van der Waals surface area contributed by atoms with Crippen molar-refractivity contribution in [1.82, 2.24) is 15.0 Å². The van der Waals surface area contributed by atoms with E-state index in [0.717, 1.165) is 24.8 Å². The summed E-state index contributed by atoms with van der Waals surface area (Å²) in [6.45, 7) is 9.91. The molecule has 0 saturated carbocycles. The van der Waals surface area contributed by atoms with E-state index in [9.17, 15) is 14.4 Å². The topological polar surface area (TPSA) is 93.9 Å². The molecular formula is C24H28N4O3S. The predicted molar refractivity (Wildman–Crippen MR) is 126 cm³/mol. The van der Waals surface area contributed by atoms with Crippen LogP contribution >= 0.6 is 11.3 Å². The molecule has 1 aromatic carbocycles. The highest BCUT2D eigenvalue weighted by molar-refractivity contribution is 7.18. The summed E-state index contributed by atoms with van der Waals surface area (Å²) in [5.41, 5.74) is 2.15. The molecule has 2 atom stereocenters. The number of rotatable bonds is 4. The maximum Gasteiger partial charge on any atom is 0.279 e. The lowest BCUT2D eigenvalue weighted by Gasteiger charge is -2.33. The molecule has 1 amide bonds. The van der Waals surface area contributed by atoms with Crippen LogP contribution in [0, 0.1) is 11.3 Å². The number of nitrogens with zero attached hydrogens (tertiary/aromatic N) is 3. The number of anilines is 1. The molecule has 2 heterocycles. The zero-order valence-corrected chi connectivity index (χ0v) is 19.9. The van der Waals surface area contributed by atoms with E-state index in [1.54, 1.807) is 42.5 Å². The Balaban J connectivity index is 1.60. The summed E-state index contributed by atoms with van der Waals surface area (Å²) in [7, 11) is 0. The van der Waals surface area contributed by atoms with Gasteiger partial charge < -0.3 is 5.32 Å². The molecule has 1 aliphatic rings. The van der Waals surface area contributed by atoms with E-state index in [-0.39, 0.29) is 22.7 Å². The normalized spacial score (nSPS) is 17.1. The number of thiophene rings is 1. The van der Waals surface area contributed by atoms with Gasteiger partial charge in [0.05, 0.1) is 5.39 Å². The third kappa shape index (κ3) is 4.11. The molecule has 2 unspecified atom stereocenters. The van der Waals surface area contributed by atoms with Crippen LogP contribution in [-0.4, -0.2) is 26.7 Å². The number of aromatic nitrogens is 3. The summed E-state index contributed by atoms with van der Waals surface area (Å²) in [4.78, 5) is 39.4. The smallest absolute Gasteiger partial charge is 0.279 e. The highest BCUT2D eigenvalue weighted by Gasteiger charge is 2.32. The SMILES string of the molecule is CC(=O)c1ccc(NC(=O)C(C)n2nnc3sc4c(c3c2=O)CCC(C(C)(C)C)C4)cc1. The number of benzene rings is 1. The van der Waals surface area contributed by atoms with Gasteiger partial charge in [0, 0.05) is 16.1 Å². The van der Waals surface area contributed by atoms with Crippen LogP contribution in [0.3, 0.4) is 0 Å². The maximum absolute atomic E-state index is 13.3. The van der Waals surface area contributed by atoms with Gasteiger partial charge in [0.15, 0.2) is 10.6 Å². The van der Waals surface area contributed by atoms with Gasteiger partial charge in [0.25, 0.3) is 5.56 Å². The van der Waals surface area contributed by atoms with Crippen molar-refractivity contribution in [2.24, 2.45) is 11.3 Å². The standard InChI is InChI=1S/C24H28N4O3S/c1-13(21(30)25-17-9-6-15(7-10-17)14(2)29)28-23(31)20-18-11-8-16(24(3,4)5)12-19(18)32-22(20)26-27-28/h6-7,9-10,13,16H,8,11-12H2,1-5H3,(H,25,30). The Morgan fingerprint density at radius 2 is 1.91 bits per heavy atom. The number of hydrogen-bond donors (Lipinski definition) is 1. The molecule has 7 nitrogen and oxygen atoms in total. The third-order valence-corrected chi connectivity index (χ3v) is 7.57. The zero-order chi connectivity index (χ0) is 23.2. The first-order valence-electron chi connectivity index (χ1n) is 10.9. The van der Waals surface area contributed by atoms with Crippen molar-refractivity contribution in [2.45, 2.75) is 59.9 Å². The summed E-state index contributed by atoms with van der Waals surface area (Å²) >= 11 is 1.55. The van der Waals surface area contributed by atoms with Gasteiger partial charge in [-0.2, -0.15) is 4.68 Å². The van der Waals surface area contributed by atoms with Crippen molar-refractivity contribution in [3.05, 3.63) is 50.6 Å². The Morgan fingerprint density at radius 1 is 1.22 bits per heavy atom. The van der Waals surface area contributed by atoms with Crippen LogP contribution in [0.5, 0.6) is 0 Å². The van der Waals surface area contributed by atoms with E-state index in [2.05, 4.69) is 36.4 Å². The summed E-state index contributed by atoms with van der Waals surface area (Å²) in [6, 6.07) is 5.82. The second-order valence-corrected chi connectivity index (χ2v) is 10.7. The van der Waals surface area contributed by atoms with E-state index in [1.165, 1.54) is 16.5 Å². The molecule has 8 heteroatoms. The number of ketones is 1. The number of carbonyl (C=O) groups excluding carboxylic acids is 2. The van der Waals surface area contributed by atoms with E-state index >= 15 is 0 Å². The van der Waals surface area contributed by atoms with Crippen molar-refractivity contribution in [2.75, 3.05) is 5.32 Å². The Labute approximate surface area is 190 Å². The molecule has 3 aromatic rings. The molecule has 32 heavy (non-hydrogen) atoms. The predicted octanol–water partition coefficient (Wildman–Crippen LogP) is 4.41. The lowest BCUT2D eigenvalue weighted by molar-refractivity contribution is -0.119. The number of aryl methyl sites for hydroxylation is 1. The van der Waals surface area contributed by atoms with Crippen molar-refractivity contribution in [3.8, 4) is 0 Å². The minimum Gasteiger partial charge on any atom is -0.324 e. The van der Waals surface area contributed by atoms with Gasteiger partial charge in [-0.3, -0.25) is 14.4 Å². The number of fused-ring (bicyclic) bond motifs is 3. The molecule has 0 radical (unpaired) electrons. The molecule has 0 aliphatic heterocycles.